The highest BCUT2D eigenvalue weighted by molar-refractivity contribution is 6.32. The van der Waals surface area contributed by atoms with Crippen LogP contribution in [0.25, 0.3) is 16.7 Å². The molecule has 2 heterocycles. The van der Waals surface area contributed by atoms with E-state index >= 15 is 0 Å². The Morgan fingerprint density at radius 2 is 2.04 bits per heavy atom. The number of nitrogen functional groups attached to an aromatic ring is 1. The molecule has 2 aromatic heterocycles. The fourth-order valence-electron chi connectivity index (χ4n) is 3.95. The van der Waals surface area contributed by atoms with Gasteiger partial charge in [0.25, 0.3) is 5.91 Å². The van der Waals surface area contributed by atoms with Gasteiger partial charge >= 0.3 is 0 Å². The monoisotopic (exact) mass is 362 g/mol. The van der Waals surface area contributed by atoms with E-state index in [0.717, 1.165) is 17.7 Å². The van der Waals surface area contributed by atoms with Gasteiger partial charge in [-0.05, 0) is 43.7 Å². The average molecular weight is 363 g/mol. The third-order valence-electron chi connectivity index (χ3n) is 5.18. The number of allylic oxidation sites excluding steroid dienone is 1. The zero-order valence-corrected chi connectivity index (χ0v) is 15.6. The minimum absolute atomic E-state index is 0.148. The summed E-state index contributed by atoms with van der Waals surface area (Å²) in [5.74, 6) is -0.0883. The molecule has 1 aliphatic rings. The maximum atomic E-state index is 12.0. The molecular formula is C18H23ClN4O2. The molecule has 0 saturated carbocycles. The Kier molecular flexibility index (Phi) is 4.29. The molecule has 134 valence electrons. The van der Waals surface area contributed by atoms with Crippen molar-refractivity contribution in [3.05, 3.63) is 27.9 Å². The Hall–Kier alpha value is -2.05. The summed E-state index contributed by atoms with van der Waals surface area (Å²) in [6.07, 6.45) is 0.249. The second kappa shape index (κ2) is 6.04. The first-order valence-electron chi connectivity index (χ1n) is 8.31. The number of anilines is 1. The summed E-state index contributed by atoms with van der Waals surface area (Å²) in [4.78, 5) is 16.6. The minimum atomic E-state index is -0.626. The van der Waals surface area contributed by atoms with Crippen molar-refractivity contribution in [3.63, 3.8) is 0 Å². The van der Waals surface area contributed by atoms with Crippen LogP contribution in [0.2, 0.25) is 5.02 Å². The second-order valence-corrected chi connectivity index (χ2v) is 7.42. The van der Waals surface area contributed by atoms with E-state index in [4.69, 9.17) is 23.1 Å². The fourth-order valence-corrected chi connectivity index (χ4v) is 4.10. The Bertz CT molecular complexity index is 916. The Balaban J connectivity index is 2.43. The number of hydrogen-bond acceptors (Lipinski definition) is 4. The number of carbonyl (C=O) groups is 1. The van der Waals surface area contributed by atoms with E-state index in [9.17, 15) is 9.90 Å². The average Bonchev–Trinajstić information content (AvgIpc) is 2.78. The smallest absolute Gasteiger partial charge is 0.253 e. The Labute approximate surface area is 151 Å². The topological polar surface area (TPSA) is 107 Å². The maximum Gasteiger partial charge on any atom is 0.253 e. The van der Waals surface area contributed by atoms with Crippen LogP contribution in [0.5, 0.6) is 0 Å². The molecule has 1 aliphatic carbocycles. The number of fused-ring (bicyclic) bond motifs is 1. The molecule has 0 fully saturated rings. The van der Waals surface area contributed by atoms with Gasteiger partial charge in [0.1, 0.15) is 11.5 Å². The van der Waals surface area contributed by atoms with E-state index in [1.165, 1.54) is 0 Å². The van der Waals surface area contributed by atoms with Crippen molar-refractivity contribution in [1.82, 2.24) is 9.55 Å². The SMILES string of the molecule is CC1=C(n2c(N)c(C(N)=O)c3cc(Cl)c(C)nc32)[C@H](C)C[C@@H](C)C1O. The number of halogens is 1. The number of aliphatic hydroxyl groups excluding tert-OH is 1. The second-order valence-electron chi connectivity index (χ2n) is 7.01. The van der Waals surface area contributed by atoms with Crippen LogP contribution in [0, 0.1) is 18.8 Å². The number of aromatic nitrogens is 2. The summed E-state index contributed by atoms with van der Waals surface area (Å²) in [6.45, 7) is 7.79. The number of amides is 1. The van der Waals surface area contributed by atoms with E-state index in [-0.39, 0.29) is 23.2 Å². The van der Waals surface area contributed by atoms with Gasteiger partial charge in [0, 0.05) is 11.1 Å². The zero-order chi connectivity index (χ0) is 18.6. The van der Waals surface area contributed by atoms with Crippen molar-refractivity contribution in [2.75, 3.05) is 5.73 Å². The number of aliphatic hydroxyl groups is 1. The molecule has 5 N–H and O–H groups in total. The lowest BCUT2D eigenvalue weighted by Gasteiger charge is -2.34. The molecular weight excluding hydrogens is 340 g/mol. The van der Waals surface area contributed by atoms with Crippen molar-refractivity contribution < 1.29 is 9.90 Å². The number of nitrogens with two attached hydrogens (primary N) is 2. The molecule has 0 aromatic carbocycles. The van der Waals surface area contributed by atoms with E-state index in [1.807, 2.05) is 13.8 Å². The Morgan fingerprint density at radius 1 is 1.40 bits per heavy atom. The van der Waals surface area contributed by atoms with Crippen LogP contribution < -0.4 is 11.5 Å². The summed E-state index contributed by atoms with van der Waals surface area (Å²) < 4.78 is 1.76. The summed E-state index contributed by atoms with van der Waals surface area (Å²) in [6, 6.07) is 1.68. The standard InChI is InChI=1S/C18H23ClN4O2/c1-7-5-8(2)15(24)9(3)14(7)23-16(20)13(17(21)25)11-6-12(19)10(4)22-18(11)23/h6-8,15,24H,5,20H2,1-4H3,(H2,21,25)/t7-,8-,15?/m1/s1. The first kappa shape index (κ1) is 17.8. The zero-order valence-electron chi connectivity index (χ0n) is 14.8. The third kappa shape index (κ3) is 2.60. The molecule has 0 bridgehead atoms. The normalized spacial score (nSPS) is 24.2. The predicted octanol–water partition coefficient (Wildman–Crippen LogP) is 2.95. The third-order valence-corrected chi connectivity index (χ3v) is 5.56. The summed E-state index contributed by atoms with van der Waals surface area (Å²) in [5.41, 5.74) is 15.0. The van der Waals surface area contributed by atoms with Crippen LogP contribution in [0.1, 0.15) is 43.2 Å². The molecule has 1 amide bonds. The lowest BCUT2D eigenvalue weighted by Crippen LogP contribution is -2.30. The van der Waals surface area contributed by atoms with Gasteiger partial charge in [-0.1, -0.05) is 25.4 Å². The van der Waals surface area contributed by atoms with Crippen LogP contribution in [0.15, 0.2) is 11.6 Å². The molecule has 0 radical (unpaired) electrons. The number of aryl methyl sites for hydroxylation is 1. The number of primary amides is 1. The van der Waals surface area contributed by atoms with E-state index in [0.29, 0.717) is 21.7 Å². The number of rotatable bonds is 2. The van der Waals surface area contributed by atoms with Crippen molar-refractivity contribution in [2.45, 2.75) is 40.2 Å². The van der Waals surface area contributed by atoms with Gasteiger partial charge in [0.05, 0.1) is 22.4 Å². The molecule has 1 unspecified atom stereocenters. The van der Waals surface area contributed by atoms with Crippen molar-refractivity contribution >= 4 is 40.1 Å². The quantitative estimate of drug-likeness (QED) is 0.763. The van der Waals surface area contributed by atoms with Crippen LogP contribution in [0.4, 0.5) is 5.82 Å². The van der Waals surface area contributed by atoms with Gasteiger partial charge in [-0.3, -0.25) is 9.36 Å². The van der Waals surface area contributed by atoms with Gasteiger partial charge in [-0.25, -0.2) is 4.98 Å². The summed E-state index contributed by atoms with van der Waals surface area (Å²) in [5, 5.41) is 11.5. The summed E-state index contributed by atoms with van der Waals surface area (Å²) >= 11 is 6.19. The molecule has 6 nitrogen and oxygen atoms in total. The fraction of sp³-hybridized carbons (Fsp3) is 0.444. The van der Waals surface area contributed by atoms with Gasteiger partial charge in [0.15, 0.2) is 0 Å². The molecule has 7 heteroatoms. The van der Waals surface area contributed by atoms with Gasteiger partial charge in [-0.15, -0.1) is 0 Å². The summed E-state index contributed by atoms with van der Waals surface area (Å²) in [7, 11) is 0. The first-order chi connectivity index (χ1) is 11.6. The molecule has 25 heavy (non-hydrogen) atoms. The van der Waals surface area contributed by atoms with E-state index in [1.54, 1.807) is 17.6 Å². The number of carbonyl (C=O) groups excluding carboxylic acids is 1. The highest BCUT2D eigenvalue weighted by atomic mass is 35.5. The molecule has 0 aliphatic heterocycles. The lowest BCUT2D eigenvalue weighted by molar-refractivity contribution is 0.100. The molecule has 2 aromatic rings. The number of hydrogen-bond donors (Lipinski definition) is 3. The largest absolute Gasteiger partial charge is 0.388 e. The van der Waals surface area contributed by atoms with Crippen molar-refractivity contribution in [2.24, 2.45) is 17.6 Å². The highest BCUT2D eigenvalue weighted by Gasteiger charge is 2.33. The lowest BCUT2D eigenvalue weighted by atomic mass is 9.80. The van der Waals surface area contributed by atoms with Gasteiger partial charge in [0.2, 0.25) is 0 Å². The molecule has 3 rings (SSSR count). The Morgan fingerprint density at radius 3 is 2.64 bits per heavy atom. The highest BCUT2D eigenvalue weighted by Crippen LogP contribution is 2.41. The van der Waals surface area contributed by atoms with Crippen LogP contribution >= 0.6 is 11.6 Å². The maximum absolute atomic E-state index is 12.0. The van der Waals surface area contributed by atoms with E-state index < -0.39 is 12.0 Å². The van der Waals surface area contributed by atoms with Crippen LogP contribution in [0.3, 0.4) is 0 Å². The van der Waals surface area contributed by atoms with Gasteiger partial charge < -0.3 is 16.6 Å². The predicted molar refractivity (Wildman–Crippen MR) is 100 cm³/mol. The first-order valence-corrected chi connectivity index (χ1v) is 8.68. The molecule has 3 atom stereocenters. The van der Waals surface area contributed by atoms with E-state index in [2.05, 4.69) is 11.9 Å². The number of nitrogens with zero attached hydrogens (tertiary/aromatic N) is 2. The van der Waals surface area contributed by atoms with Crippen molar-refractivity contribution in [3.8, 4) is 0 Å². The molecule has 0 spiro atoms. The van der Waals surface area contributed by atoms with Crippen LogP contribution in [-0.2, 0) is 0 Å². The van der Waals surface area contributed by atoms with Gasteiger partial charge in [-0.2, -0.15) is 0 Å². The van der Waals surface area contributed by atoms with Crippen molar-refractivity contribution in [1.29, 1.82) is 0 Å². The van der Waals surface area contributed by atoms with Crippen LogP contribution in [-0.4, -0.2) is 26.7 Å². The minimum Gasteiger partial charge on any atom is -0.388 e. The molecule has 0 saturated heterocycles. The number of pyridine rings is 1.